The van der Waals surface area contributed by atoms with E-state index < -0.39 is 0 Å². The van der Waals surface area contributed by atoms with Crippen molar-refractivity contribution < 1.29 is 9.13 Å². The van der Waals surface area contributed by atoms with Crippen molar-refractivity contribution in [1.82, 2.24) is 0 Å². The van der Waals surface area contributed by atoms with Crippen LogP contribution in [0.15, 0.2) is 218 Å². The van der Waals surface area contributed by atoms with Crippen molar-refractivity contribution in [2.45, 2.75) is 6.92 Å². The first kappa shape index (κ1) is 34.6. The molecule has 0 bridgehead atoms. The highest BCUT2D eigenvalue weighted by molar-refractivity contribution is 5.79. The van der Waals surface area contributed by atoms with Crippen LogP contribution in [0.25, 0.3) is 84.1 Å². The summed E-state index contributed by atoms with van der Waals surface area (Å²) in [4.78, 5) is 0. The summed E-state index contributed by atoms with van der Waals surface area (Å²) >= 11 is 0. The van der Waals surface area contributed by atoms with Crippen LogP contribution in [-0.2, 0) is 7.05 Å². The highest BCUT2D eigenvalue weighted by Gasteiger charge is 2.25. The van der Waals surface area contributed by atoms with Gasteiger partial charge in [-0.3, -0.25) is 0 Å². The third kappa shape index (κ3) is 6.97. The second-order valence-corrected chi connectivity index (χ2v) is 14.4. The molecule has 0 saturated carbocycles. The summed E-state index contributed by atoms with van der Waals surface area (Å²) in [6, 6.07) is 78.9. The highest BCUT2D eigenvalue weighted by atomic mass is 15.0. The zero-order valence-corrected chi connectivity index (χ0v) is 31.7. The van der Waals surface area contributed by atoms with Crippen LogP contribution in [0.1, 0.15) is 5.56 Å². The van der Waals surface area contributed by atoms with E-state index in [1.54, 1.807) is 0 Å². The molecule has 9 aromatic rings. The van der Waals surface area contributed by atoms with Crippen molar-refractivity contribution >= 4 is 0 Å². The molecule has 56 heavy (non-hydrogen) atoms. The van der Waals surface area contributed by atoms with Gasteiger partial charge < -0.3 is 0 Å². The van der Waals surface area contributed by atoms with E-state index >= 15 is 0 Å². The molecule has 0 unspecified atom stereocenters. The summed E-state index contributed by atoms with van der Waals surface area (Å²) in [5.74, 6) is 0. The molecule has 0 aliphatic carbocycles. The minimum atomic E-state index is 1.11. The largest absolute Gasteiger partial charge is 0.219 e. The Hall–Kier alpha value is -7.16. The first-order chi connectivity index (χ1) is 27.6. The Bertz CT molecular complexity index is 2620. The standard InChI is InChI=1S/C54H42N2/c1-39-23-25-40(26-24-39)41-31-33-50(34-32-41)56-53(46-19-11-5-12-20-46)37-49(38-54(56)47-21-13-6-14-22-47)43-29-27-42(28-30-43)48-35-51(44-15-7-3-8-16-44)55(2)52(36-48)45-17-9-4-10-18-45/h3-38H,1-2H3/q+2. The number of hydrogen-bond donors (Lipinski definition) is 0. The predicted octanol–water partition coefficient (Wildman–Crippen LogP) is 12.8. The molecule has 0 amide bonds. The summed E-state index contributed by atoms with van der Waals surface area (Å²) in [5, 5.41) is 0. The predicted molar refractivity (Wildman–Crippen MR) is 232 cm³/mol. The highest BCUT2D eigenvalue weighted by Crippen LogP contribution is 2.34. The number of aryl methyl sites for hydroxylation is 1. The minimum absolute atomic E-state index is 1.11. The maximum atomic E-state index is 2.40. The Labute approximate surface area is 329 Å². The van der Waals surface area contributed by atoms with Gasteiger partial charge in [0, 0.05) is 58.7 Å². The van der Waals surface area contributed by atoms with Gasteiger partial charge in [-0.2, -0.15) is 9.13 Å². The second-order valence-electron chi connectivity index (χ2n) is 14.4. The van der Waals surface area contributed by atoms with Gasteiger partial charge in [-0.15, -0.1) is 0 Å². The SMILES string of the molecule is Cc1ccc(-c2ccc(-[n+]3c(-c4ccccc4)cc(-c4ccc(-c5cc(-c6ccccc6)[n+](C)c(-c6ccccc6)c5)cc4)cc3-c3ccccc3)cc2)cc1. The molecule has 0 aliphatic rings. The van der Waals surface area contributed by atoms with Crippen molar-refractivity contribution in [3.05, 3.63) is 224 Å². The van der Waals surface area contributed by atoms with E-state index in [0.29, 0.717) is 0 Å². The second kappa shape index (κ2) is 15.3. The fourth-order valence-electron chi connectivity index (χ4n) is 7.68. The van der Waals surface area contributed by atoms with Crippen LogP contribution in [0.4, 0.5) is 0 Å². The molecule has 2 heterocycles. The monoisotopic (exact) mass is 718 g/mol. The van der Waals surface area contributed by atoms with Crippen molar-refractivity contribution in [2.75, 3.05) is 0 Å². The molecule has 0 spiro atoms. The number of hydrogen-bond acceptors (Lipinski definition) is 0. The van der Waals surface area contributed by atoms with Crippen LogP contribution < -0.4 is 9.13 Å². The molecule has 0 radical (unpaired) electrons. The Morgan fingerprint density at radius 3 is 0.929 bits per heavy atom. The average Bonchev–Trinajstić information content (AvgIpc) is 3.28. The van der Waals surface area contributed by atoms with Gasteiger partial charge in [-0.05, 0) is 101 Å². The van der Waals surface area contributed by atoms with Crippen molar-refractivity contribution in [3.63, 3.8) is 0 Å². The molecule has 0 N–H and O–H groups in total. The third-order valence-electron chi connectivity index (χ3n) is 10.7. The Morgan fingerprint density at radius 2 is 0.554 bits per heavy atom. The molecule has 2 nitrogen and oxygen atoms in total. The zero-order chi connectivity index (χ0) is 37.8. The van der Waals surface area contributed by atoms with Gasteiger partial charge in [0.25, 0.3) is 0 Å². The number of pyridine rings is 2. The molecule has 0 fully saturated rings. The Morgan fingerprint density at radius 1 is 0.268 bits per heavy atom. The number of rotatable bonds is 8. The molecule has 2 heteroatoms. The Kier molecular flexibility index (Phi) is 9.45. The molecular formula is C54H42N2+2. The van der Waals surface area contributed by atoms with Crippen molar-refractivity contribution in [3.8, 4) is 84.1 Å². The van der Waals surface area contributed by atoms with Gasteiger partial charge in [-0.1, -0.05) is 127 Å². The molecule has 7 aromatic carbocycles. The van der Waals surface area contributed by atoms with E-state index in [1.165, 1.54) is 50.3 Å². The molecule has 0 aliphatic heterocycles. The normalized spacial score (nSPS) is 11.0. The van der Waals surface area contributed by atoms with E-state index in [1.807, 2.05) is 0 Å². The van der Waals surface area contributed by atoms with Crippen molar-refractivity contribution in [1.29, 1.82) is 0 Å². The van der Waals surface area contributed by atoms with Crippen LogP contribution in [0, 0.1) is 6.92 Å². The maximum Gasteiger partial charge on any atom is 0.219 e. The van der Waals surface area contributed by atoms with E-state index in [4.69, 9.17) is 0 Å². The molecule has 0 atom stereocenters. The van der Waals surface area contributed by atoms with E-state index in [-0.39, 0.29) is 0 Å². The minimum Gasteiger partial charge on any atom is -0.194 e. The first-order valence-corrected chi connectivity index (χ1v) is 19.2. The summed E-state index contributed by atoms with van der Waals surface area (Å²) in [5.41, 5.74) is 18.8. The molecule has 2 aromatic heterocycles. The number of aromatic nitrogens is 2. The van der Waals surface area contributed by atoms with E-state index in [2.05, 4.69) is 241 Å². The molecule has 0 saturated heterocycles. The molecular weight excluding hydrogens is 677 g/mol. The quantitative estimate of drug-likeness (QED) is 0.138. The maximum absolute atomic E-state index is 2.40. The van der Waals surface area contributed by atoms with E-state index in [9.17, 15) is 0 Å². The molecule has 9 rings (SSSR count). The van der Waals surface area contributed by atoms with Crippen molar-refractivity contribution in [2.24, 2.45) is 7.05 Å². The number of nitrogens with zero attached hydrogens (tertiary/aromatic N) is 2. The van der Waals surface area contributed by atoms with Gasteiger partial charge in [-0.25, -0.2) is 0 Å². The summed E-state index contributed by atoms with van der Waals surface area (Å²) in [7, 11) is 2.16. The summed E-state index contributed by atoms with van der Waals surface area (Å²) < 4.78 is 4.70. The van der Waals surface area contributed by atoms with Crippen LogP contribution >= 0.6 is 0 Å². The van der Waals surface area contributed by atoms with Gasteiger partial charge in [0.15, 0.2) is 0 Å². The van der Waals surface area contributed by atoms with Crippen LogP contribution in [0.3, 0.4) is 0 Å². The van der Waals surface area contributed by atoms with Gasteiger partial charge in [0.2, 0.25) is 28.5 Å². The first-order valence-electron chi connectivity index (χ1n) is 19.2. The lowest BCUT2D eigenvalue weighted by Crippen LogP contribution is -2.36. The zero-order valence-electron chi connectivity index (χ0n) is 31.7. The molecule has 266 valence electrons. The fourth-order valence-corrected chi connectivity index (χ4v) is 7.68. The lowest BCUT2D eigenvalue weighted by atomic mass is 9.95. The third-order valence-corrected chi connectivity index (χ3v) is 10.7. The summed E-state index contributed by atoms with van der Waals surface area (Å²) in [6.45, 7) is 2.13. The average molecular weight is 719 g/mol. The Balaban J connectivity index is 1.18. The van der Waals surface area contributed by atoms with Gasteiger partial charge >= 0.3 is 0 Å². The topological polar surface area (TPSA) is 7.76 Å². The fraction of sp³-hybridized carbons (Fsp3) is 0.0370. The lowest BCUT2D eigenvalue weighted by molar-refractivity contribution is -0.649. The van der Waals surface area contributed by atoms with Crippen LogP contribution in [-0.4, -0.2) is 0 Å². The summed E-state index contributed by atoms with van der Waals surface area (Å²) in [6.07, 6.45) is 0. The van der Waals surface area contributed by atoms with Crippen LogP contribution in [0.5, 0.6) is 0 Å². The van der Waals surface area contributed by atoms with Crippen LogP contribution in [0.2, 0.25) is 0 Å². The lowest BCUT2D eigenvalue weighted by Gasteiger charge is -2.14. The van der Waals surface area contributed by atoms with Gasteiger partial charge in [0.1, 0.15) is 7.05 Å². The smallest absolute Gasteiger partial charge is 0.194 e. The number of benzene rings is 7. The van der Waals surface area contributed by atoms with Gasteiger partial charge in [0.05, 0.1) is 0 Å². The van der Waals surface area contributed by atoms with E-state index in [0.717, 1.165) is 39.3 Å².